The maximum absolute atomic E-state index is 7.92. The van der Waals surface area contributed by atoms with Crippen LogP contribution in [-0.4, -0.2) is 11.2 Å². The van der Waals surface area contributed by atoms with Crippen LogP contribution in [0, 0.1) is 5.41 Å². The predicted octanol–water partition coefficient (Wildman–Crippen LogP) is 5.42. The van der Waals surface area contributed by atoms with Gasteiger partial charge in [-0.2, -0.15) is 0 Å². The molecule has 2 aromatic carbocycles. The second kappa shape index (κ2) is 8.11. The first-order valence-corrected chi connectivity index (χ1v) is 8.57. The van der Waals surface area contributed by atoms with Gasteiger partial charge in [0.2, 0.25) is 0 Å². The van der Waals surface area contributed by atoms with Crippen molar-refractivity contribution in [1.29, 1.82) is 5.41 Å². The highest BCUT2D eigenvalue weighted by atomic mass is 14.6. The molecule has 0 fully saturated rings. The van der Waals surface area contributed by atoms with Crippen LogP contribution in [0.1, 0.15) is 16.7 Å². The van der Waals surface area contributed by atoms with Crippen molar-refractivity contribution in [3.05, 3.63) is 109 Å². The summed E-state index contributed by atoms with van der Waals surface area (Å²) in [4.78, 5) is 4.17. The van der Waals surface area contributed by atoms with E-state index in [1.807, 2.05) is 66.9 Å². The van der Waals surface area contributed by atoms with Gasteiger partial charge in [-0.25, -0.2) is 0 Å². The fourth-order valence-corrected chi connectivity index (χ4v) is 2.88. The summed E-state index contributed by atoms with van der Waals surface area (Å²) in [5, 5.41) is 7.92. The first kappa shape index (κ1) is 18.1. The van der Waals surface area contributed by atoms with Gasteiger partial charge in [0.05, 0.1) is 0 Å². The van der Waals surface area contributed by atoms with Gasteiger partial charge in [-0.3, -0.25) is 4.98 Å². The van der Waals surface area contributed by atoms with Crippen molar-refractivity contribution in [2.24, 2.45) is 5.73 Å². The summed E-state index contributed by atoms with van der Waals surface area (Å²) >= 11 is 0. The van der Waals surface area contributed by atoms with Crippen LogP contribution in [0.25, 0.3) is 28.0 Å². The Morgan fingerprint density at radius 1 is 0.926 bits per heavy atom. The predicted molar refractivity (Wildman–Crippen MR) is 115 cm³/mol. The molecule has 1 aromatic heterocycles. The van der Waals surface area contributed by atoms with Crippen LogP contribution in [0.15, 0.2) is 92.3 Å². The average Bonchev–Trinajstić information content (AvgIpc) is 2.74. The SMILES string of the molecule is C=CC(=C)c1cccc(C(N)=C(C=N)c2cccc(-c3cccnc3)c2)c1. The fourth-order valence-electron chi connectivity index (χ4n) is 2.88. The van der Waals surface area contributed by atoms with Gasteiger partial charge in [-0.1, -0.05) is 61.7 Å². The Kier molecular flexibility index (Phi) is 5.43. The molecule has 0 aliphatic heterocycles. The molecule has 0 saturated carbocycles. The zero-order chi connectivity index (χ0) is 19.2. The van der Waals surface area contributed by atoms with Gasteiger partial charge in [-0.15, -0.1) is 0 Å². The van der Waals surface area contributed by atoms with Gasteiger partial charge in [0, 0.05) is 35.4 Å². The van der Waals surface area contributed by atoms with E-state index in [4.69, 9.17) is 11.1 Å². The van der Waals surface area contributed by atoms with E-state index in [1.165, 1.54) is 6.21 Å². The van der Waals surface area contributed by atoms with Gasteiger partial charge < -0.3 is 11.1 Å². The molecule has 3 rings (SSSR count). The lowest BCUT2D eigenvalue weighted by molar-refractivity contribution is 1.33. The van der Waals surface area contributed by atoms with Crippen LogP contribution in [0.5, 0.6) is 0 Å². The standard InChI is InChI=1S/C24H21N3/c1-3-17(2)18-7-4-10-21(13-18)24(26)23(15-25)20-9-5-8-19(14-20)22-11-6-12-27-16-22/h3-16,25H,1-2,26H2. The van der Waals surface area contributed by atoms with Crippen LogP contribution in [0.4, 0.5) is 0 Å². The van der Waals surface area contributed by atoms with Crippen molar-refractivity contribution >= 4 is 23.1 Å². The smallest absolute Gasteiger partial charge is 0.0482 e. The molecular weight excluding hydrogens is 330 g/mol. The zero-order valence-corrected chi connectivity index (χ0v) is 15.0. The molecule has 0 radical (unpaired) electrons. The summed E-state index contributed by atoms with van der Waals surface area (Å²) in [5.41, 5.74) is 13.2. The number of aromatic nitrogens is 1. The van der Waals surface area contributed by atoms with Crippen LogP contribution in [0.3, 0.4) is 0 Å². The highest BCUT2D eigenvalue weighted by Crippen LogP contribution is 2.27. The molecule has 27 heavy (non-hydrogen) atoms. The lowest BCUT2D eigenvalue weighted by Crippen LogP contribution is -2.03. The van der Waals surface area contributed by atoms with Gasteiger partial charge in [0.1, 0.15) is 0 Å². The third-order valence-corrected chi connectivity index (χ3v) is 4.39. The molecule has 132 valence electrons. The summed E-state index contributed by atoms with van der Waals surface area (Å²) in [7, 11) is 0. The molecule has 0 spiro atoms. The summed E-state index contributed by atoms with van der Waals surface area (Å²) in [6.45, 7) is 7.75. The monoisotopic (exact) mass is 351 g/mol. The van der Waals surface area contributed by atoms with Gasteiger partial charge in [0.25, 0.3) is 0 Å². The third kappa shape index (κ3) is 3.93. The lowest BCUT2D eigenvalue weighted by Gasteiger charge is -2.11. The molecule has 0 unspecified atom stereocenters. The third-order valence-electron chi connectivity index (χ3n) is 4.39. The molecule has 3 heteroatoms. The second-order valence-corrected chi connectivity index (χ2v) is 6.10. The summed E-state index contributed by atoms with van der Waals surface area (Å²) in [5.74, 6) is 0. The van der Waals surface area contributed by atoms with Crippen molar-refractivity contribution in [2.45, 2.75) is 0 Å². The molecule has 1 heterocycles. The molecule has 0 aliphatic rings. The van der Waals surface area contributed by atoms with E-state index in [0.717, 1.165) is 33.4 Å². The Labute approximate surface area is 159 Å². The molecule has 0 saturated heterocycles. The normalized spacial score (nSPS) is 11.4. The highest BCUT2D eigenvalue weighted by Gasteiger charge is 2.09. The summed E-state index contributed by atoms with van der Waals surface area (Å²) < 4.78 is 0. The molecule has 0 bridgehead atoms. The first-order valence-electron chi connectivity index (χ1n) is 8.57. The first-order chi connectivity index (χ1) is 13.1. The largest absolute Gasteiger partial charge is 0.398 e. The number of hydrogen-bond donors (Lipinski definition) is 2. The minimum Gasteiger partial charge on any atom is -0.398 e. The van der Waals surface area contributed by atoms with Crippen molar-refractivity contribution in [2.75, 3.05) is 0 Å². The molecule has 3 aromatic rings. The molecule has 0 aliphatic carbocycles. The number of nitrogens with two attached hydrogens (primary N) is 1. The van der Waals surface area contributed by atoms with E-state index in [-0.39, 0.29) is 0 Å². The maximum atomic E-state index is 7.92. The van der Waals surface area contributed by atoms with Crippen LogP contribution < -0.4 is 5.73 Å². The fraction of sp³-hybridized carbons (Fsp3) is 0. The van der Waals surface area contributed by atoms with Gasteiger partial charge in [0.15, 0.2) is 0 Å². The summed E-state index contributed by atoms with van der Waals surface area (Å²) in [6.07, 6.45) is 6.58. The molecule has 3 nitrogen and oxygen atoms in total. The van der Waals surface area contributed by atoms with E-state index >= 15 is 0 Å². The molecular formula is C24H21N3. The zero-order valence-electron chi connectivity index (χ0n) is 15.0. The Balaban J connectivity index is 2.07. The Morgan fingerprint density at radius 3 is 2.33 bits per heavy atom. The van der Waals surface area contributed by atoms with Crippen LogP contribution in [0.2, 0.25) is 0 Å². The number of nitrogens with zero attached hydrogens (tertiary/aromatic N) is 1. The molecule has 0 amide bonds. The number of benzene rings is 2. The van der Waals surface area contributed by atoms with Crippen molar-refractivity contribution in [1.82, 2.24) is 4.98 Å². The van der Waals surface area contributed by atoms with E-state index in [0.29, 0.717) is 11.3 Å². The minimum atomic E-state index is 0.548. The van der Waals surface area contributed by atoms with Crippen LogP contribution >= 0.6 is 0 Å². The van der Waals surface area contributed by atoms with E-state index in [1.54, 1.807) is 12.3 Å². The van der Waals surface area contributed by atoms with E-state index < -0.39 is 0 Å². The van der Waals surface area contributed by atoms with Crippen molar-refractivity contribution in [3.63, 3.8) is 0 Å². The lowest BCUT2D eigenvalue weighted by atomic mass is 9.96. The Morgan fingerprint density at radius 2 is 1.63 bits per heavy atom. The average molecular weight is 351 g/mol. The number of hydrogen-bond acceptors (Lipinski definition) is 3. The Bertz CT molecular complexity index is 1030. The van der Waals surface area contributed by atoms with Crippen molar-refractivity contribution < 1.29 is 0 Å². The van der Waals surface area contributed by atoms with E-state index in [2.05, 4.69) is 18.1 Å². The van der Waals surface area contributed by atoms with Crippen LogP contribution in [-0.2, 0) is 0 Å². The second-order valence-electron chi connectivity index (χ2n) is 6.10. The minimum absolute atomic E-state index is 0.548. The van der Waals surface area contributed by atoms with E-state index in [9.17, 15) is 0 Å². The Hall–Kier alpha value is -3.72. The number of pyridine rings is 1. The van der Waals surface area contributed by atoms with Gasteiger partial charge >= 0.3 is 0 Å². The quantitative estimate of drug-likeness (QED) is 0.354. The van der Waals surface area contributed by atoms with Gasteiger partial charge in [-0.05, 0) is 46.0 Å². The number of rotatable bonds is 6. The topological polar surface area (TPSA) is 62.8 Å². The maximum Gasteiger partial charge on any atom is 0.0482 e. The number of nitrogens with one attached hydrogen (secondary N) is 1. The number of allylic oxidation sites excluding steroid dienone is 3. The molecule has 0 atom stereocenters. The highest BCUT2D eigenvalue weighted by molar-refractivity contribution is 6.18. The summed E-state index contributed by atoms with van der Waals surface area (Å²) in [6, 6.07) is 19.7. The van der Waals surface area contributed by atoms with Crippen molar-refractivity contribution in [3.8, 4) is 11.1 Å². The molecule has 3 N–H and O–H groups in total.